The predicted molar refractivity (Wildman–Crippen MR) is 64.2 cm³/mol. The van der Waals surface area contributed by atoms with E-state index in [0.29, 0.717) is 4.88 Å². The third-order valence-corrected chi connectivity index (χ3v) is 3.00. The van der Waals surface area contributed by atoms with Crippen LogP contribution >= 0.6 is 11.3 Å². The van der Waals surface area contributed by atoms with Gasteiger partial charge in [0.2, 0.25) is 0 Å². The monoisotopic (exact) mass is 230 g/mol. The molecule has 0 amide bonds. The minimum atomic E-state index is 0.688. The molecule has 0 bridgehead atoms. The first-order valence-corrected chi connectivity index (χ1v) is 5.73. The van der Waals surface area contributed by atoms with E-state index >= 15 is 0 Å². The lowest BCUT2D eigenvalue weighted by molar-refractivity contribution is 1.02. The highest BCUT2D eigenvalue weighted by Gasteiger charge is 2.04. The fourth-order valence-corrected chi connectivity index (χ4v) is 2.04. The smallest absolute Gasteiger partial charge is 0.148 e. The highest BCUT2D eigenvalue weighted by atomic mass is 32.1. The van der Waals surface area contributed by atoms with E-state index in [4.69, 9.17) is 5.26 Å². The SMILES string of the molecule is CCNc1ccc(-c2ccc(C#N)s2)nn1. The Hall–Kier alpha value is -1.93. The van der Waals surface area contributed by atoms with Crippen molar-refractivity contribution in [1.29, 1.82) is 5.26 Å². The van der Waals surface area contributed by atoms with Gasteiger partial charge >= 0.3 is 0 Å². The molecule has 2 aromatic heterocycles. The molecule has 0 fully saturated rings. The lowest BCUT2D eigenvalue weighted by Gasteiger charge is -2.00. The van der Waals surface area contributed by atoms with Crippen molar-refractivity contribution in [1.82, 2.24) is 10.2 Å². The van der Waals surface area contributed by atoms with Crippen molar-refractivity contribution >= 4 is 17.2 Å². The highest BCUT2D eigenvalue weighted by Crippen LogP contribution is 2.25. The summed E-state index contributed by atoms with van der Waals surface area (Å²) in [4.78, 5) is 1.65. The van der Waals surface area contributed by atoms with Gasteiger partial charge in [0.15, 0.2) is 0 Å². The zero-order valence-corrected chi connectivity index (χ0v) is 9.58. The number of nitrogens with zero attached hydrogens (tertiary/aromatic N) is 3. The molecule has 0 saturated carbocycles. The second-order valence-corrected chi connectivity index (χ2v) is 4.19. The van der Waals surface area contributed by atoms with Crippen LogP contribution in [-0.4, -0.2) is 16.7 Å². The summed E-state index contributed by atoms with van der Waals surface area (Å²) < 4.78 is 0. The Labute approximate surface area is 97.6 Å². The quantitative estimate of drug-likeness (QED) is 0.880. The zero-order valence-electron chi connectivity index (χ0n) is 8.77. The van der Waals surface area contributed by atoms with Gasteiger partial charge in [-0.1, -0.05) is 0 Å². The molecular weight excluding hydrogens is 220 g/mol. The van der Waals surface area contributed by atoms with Crippen LogP contribution < -0.4 is 5.32 Å². The first-order chi connectivity index (χ1) is 7.83. The van der Waals surface area contributed by atoms with Crippen molar-refractivity contribution in [2.45, 2.75) is 6.92 Å². The number of hydrogen-bond acceptors (Lipinski definition) is 5. The van der Waals surface area contributed by atoms with E-state index in [0.717, 1.165) is 22.9 Å². The molecule has 0 aromatic carbocycles. The second kappa shape index (κ2) is 4.73. The molecule has 16 heavy (non-hydrogen) atoms. The molecule has 2 rings (SSSR count). The summed E-state index contributed by atoms with van der Waals surface area (Å²) in [5, 5.41) is 20.0. The van der Waals surface area contributed by atoms with Gasteiger partial charge in [-0.25, -0.2) is 0 Å². The molecule has 0 aliphatic heterocycles. The van der Waals surface area contributed by atoms with E-state index in [1.54, 1.807) is 6.07 Å². The van der Waals surface area contributed by atoms with Crippen LogP contribution in [0.1, 0.15) is 11.8 Å². The van der Waals surface area contributed by atoms with Gasteiger partial charge in [-0.15, -0.1) is 21.5 Å². The van der Waals surface area contributed by atoms with Gasteiger partial charge in [0.25, 0.3) is 0 Å². The largest absolute Gasteiger partial charge is 0.369 e. The van der Waals surface area contributed by atoms with Gasteiger partial charge in [-0.05, 0) is 31.2 Å². The maximum atomic E-state index is 8.73. The topological polar surface area (TPSA) is 61.6 Å². The molecule has 80 valence electrons. The Bertz CT molecular complexity index is 510. The predicted octanol–water partition coefficient (Wildman–Crippen LogP) is 2.51. The van der Waals surface area contributed by atoms with Crippen LogP contribution in [0.4, 0.5) is 5.82 Å². The van der Waals surface area contributed by atoms with Crippen molar-refractivity contribution in [3.05, 3.63) is 29.1 Å². The third-order valence-electron chi connectivity index (χ3n) is 1.99. The standard InChI is InChI=1S/C11H10N4S/c1-2-13-11-6-4-9(14-15-11)10-5-3-8(7-12)16-10/h3-6H,2H2,1H3,(H,13,15). The van der Waals surface area contributed by atoms with Crippen LogP contribution in [-0.2, 0) is 0 Å². The second-order valence-electron chi connectivity index (χ2n) is 3.11. The van der Waals surface area contributed by atoms with Gasteiger partial charge < -0.3 is 5.32 Å². The number of rotatable bonds is 3. The number of anilines is 1. The summed E-state index contributed by atoms with van der Waals surface area (Å²) in [7, 11) is 0. The lowest BCUT2D eigenvalue weighted by Crippen LogP contribution is -2.00. The van der Waals surface area contributed by atoms with Crippen LogP contribution in [0.5, 0.6) is 0 Å². The van der Waals surface area contributed by atoms with Crippen molar-refractivity contribution in [2.75, 3.05) is 11.9 Å². The summed E-state index contributed by atoms with van der Waals surface area (Å²) in [6.07, 6.45) is 0. The van der Waals surface area contributed by atoms with Crippen LogP contribution in [0.2, 0.25) is 0 Å². The highest BCUT2D eigenvalue weighted by molar-refractivity contribution is 7.15. The molecular formula is C11H10N4S. The van der Waals surface area contributed by atoms with Crippen molar-refractivity contribution in [2.24, 2.45) is 0 Å². The summed E-state index contributed by atoms with van der Waals surface area (Å²) >= 11 is 1.42. The van der Waals surface area contributed by atoms with E-state index in [-0.39, 0.29) is 0 Å². The number of aromatic nitrogens is 2. The lowest BCUT2D eigenvalue weighted by atomic mass is 10.3. The maximum absolute atomic E-state index is 8.73. The molecule has 2 aromatic rings. The molecule has 0 radical (unpaired) electrons. The molecule has 2 heterocycles. The summed E-state index contributed by atoms with van der Waals surface area (Å²) in [6, 6.07) is 9.57. The number of hydrogen-bond donors (Lipinski definition) is 1. The Morgan fingerprint density at radius 2 is 2.19 bits per heavy atom. The van der Waals surface area contributed by atoms with E-state index in [2.05, 4.69) is 21.6 Å². The Morgan fingerprint density at radius 1 is 1.31 bits per heavy atom. The summed E-state index contributed by atoms with van der Waals surface area (Å²) in [5.41, 5.74) is 0.799. The van der Waals surface area contributed by atoms with Gasteiger partial charge in [0, 0.05) is 6.54 Å². The fourth-order valence-electron chi connectivity index (χ4n) is 1.27. The van der Waals surface area contributed by atoms with Crippen molar-refractivity contribution < 1.29 is 0 Å². The molecule has 4 nitrogen and oxygen atoms in total. The van der Waals surface area contributed by atoms with Gasteiger partial charge in [0.05, 0.1) is 4.88 Å². The van der Waals surface area contributed by atoms with E-state index in [1.807, 2.05) is 25.1 Å². The first-order valence-electron chi connectivity index (χ1n) is 4.91. The molecule has 0 unspecified atom stereocenters. The minimum Gasteiger partial charge on any atom is -0.369 e. The molecule has 0 aliphatic rings. The number of nitriles is 1. The van der Waals surface area contributed by atoms with Gasteiger partial charge in [0.1, 0.15) is 22.5 Å². The fraction of sp³-hybridized carbons (Fsp3) is 0.182. The molecule has 0 saturated heterocycles. The zero-order chi connectivity index (χ0) is 11.4. The van der Waals surface area contributed by atoms with Crippen LogP contribution in [0.3, 0.4) is 0 Å². The summed E-state index contributed by atoms with van der Waals surface area (Å²) in [6.45, 7) is 2.83. The molecule has 0 aliphatic carbocycles. The Balaban J connectivity index is 2.24. The van der Waals surface area contributed by atoms with Gasteiger partial charge in [-0.2, -0.15) is 5.26 Å². The number of nitrogens with one attached hydrogen (secondary N) is 1. The summed E-state index contributed by atoms with van der Waals surface area (Å²) in [5.74, 6) is 0.767. The average molecular weight is 230 g/mol. The normalized spacial score (nSPS) is 9.75. The van der Waals surface area contributed by atoms with E-state index in [1.165, 1.54) is 11.3 Å². The van der Waals surface area contributed by atoms with Gasteiger partial charge in [-0.3, -0.25) is 0 Å². The first kappa shape index (κ1) is 10.6. The molecule has 0 atom stereocenters. The van der Waals surface area contributed by atoms with Crippen LogP contribution in [0.25, 0.3) is 10.6 Å². The molecule has 0 spiro atoms. The van der Waals surface area contributed by atoms with Crippen molar-refractivity contribution in [3.8, 4) is 16.6 Å². The van der Waals surface area contributed by atoms with Crippen molar-refractivity contribution in [3.63, 3.8) is 0 Å². The van der Waals surface area contributed by atoms with E-state index in [9.17, 15) is 0 Å². The third kappa shape index (κ3) is 2.18. The molecule has 1 N–H and O–H groups in total. The number of thiophene rings is 1. The Morgan fingerprint density at radius 3 is 2.75 bits per heavy atom. The van der Waals surface area contributed by atoms with E-state index < -0.39 is 0 Å². The van der Waals surface area contributed by atoms with Crippen LogP contribution in [0, 0.1) is 11.3 Å². The average Bonchev–Trinajstić information content (AvgIpc) is 2.79. The van der Waals surface area contributed by atoms with Crippen LogP contribution in [0.15, 0.2) is 24.3 Å². The Kier molecular flexibility index (Phi) is 3.13. The maximum Gasteiger partial charge on any atom is 0.148 e. The minimum absolute atomic E-state index is 0.688. The molecule has 5 heteroatoms.